The quantitative estimate of drug-likeness (QED) is 0.894. The highest BCUT2D eigenvalue weighted by Crippen LogP contribution is 2.28. The molecule has 0 bridgehead atoms. The van der Waals surface area contributed by atoms with Crippen molar-refractivity contribution in [3.63, 3.8) is 0 Å². The van der Waals surface area contributed by atoms with Gasteiger partial charge in [0.05, 0.1) is 29.3 Å². The third-order valence-electron chi connectivity index (χ3n) is 2.98. The molecule has 0 unspecified atom stereocenters. The highest BCUT2D eigenvalue weighted by Gasteiger charge is 2.43. The fourth-order valence-electron chi connectivity index (χ4n) is 2.15. The molecule has 1 aromatic rings. The SMILES string of the molecule is CCCC1(O)CN(C(=O)c2ccncc2Cl)C1. The highest BCUT2D eigenvalue weighted by molar-refractivity contribution is 6.33. The number of pyridine rings is 1. The predicted molar refractivity (Wildman–Crippen MR) is 65.0 cm³/mol. The van der Waals surface area contributed by atoms with Crippen molar-refractivity contribution in [2.24, 2.45) is 0 Å². The van der Waals surface area contributed by atoms with Crippen LogP contribution in [0.1, 0.15) is 30.1 Å². The number of aliphatic hydroxyl groups is 1. The summed E-state index contributed by atoms with van der Waals surface area (Å²) in [5, 5.41) is 10.4. The van der Waals surface area contributed by atoms with Crippen LogP contribution in [0.4, 0.5) is 0 Å². The van der Waals surface area contributed by atoms with Crippen LogP contribution in [0.2, 0.25) is 5.02 Å². The summed E-state index contributed by atoms with van der Waals surface area (Å²) in [6.45, 7) is 2.79. The molecule has 0 aromatic carbocycles. The maximum Gasteiger partial charge on any atom is 0.255 e. The van der Waals surface area contributed by atoms with Crippen molar-refractivity contribution in [3.8, 4) is 0 Å². The lowest BCUT2D eigenvalue weighted by Gasteiger charge is -2.46. The number of hydrogen-bond donors (Lipinski definition) is 1. The number of aromatic nitrogens is 1. The van der Waals surface area contributed by atoms with Gasteiger partial charge in [0.15, 0.2) is 0 Å². The topological polar surface area (TPSA) is 53.4 Å². The van der Waals surface area contributed by atoms with Gasteiger partial charge < -0.3 is 10.0 Å². The van der Waals surface area contributed by atoms with Crippen molar-refractivity contribution < 1.29 is 9.90 Å². The standard InChI is InChI=1S/C12H15ClN2O2/c1-2-4-12(17)7-15(8-12)11(16)9-3-5-14-6-10(9)13/h3,5-6,17H,2,4,7-8H2,1H3. The van der Waals surface area contributed by atoms with Crippen molar-refractivity contribution >= 4 is 17.5 Å². The second-order valence-corrected chi connectivity index (χ2v) is 4.90. The molecular weight excluding hydrogens is 240 g/mol. The summed E-state index contributed by atoms with van der Waals surface area (Å²) in [6, 6.07) is 1.60. The van der Waals surface area contributed by atoms with Gasteiger partial charge in [-0.2, -0.15) is 0 Å². The number of hydrogen-bond acceptors (Lipinski definition) is 3. The lowest BCUT2D eigenvalue weighted by Crippen LogP contribution is -2.63. The molecule has 2 heterocycles. The van der Waals surface area contributed by atoms with Crippen molar-refractivity contribution in [2.75, 3.05) is 13.1 Å². The largest absolute Gasteiger partial charge is 0.386 e. The Morgan fingerprint density at radius 2 is 2.35 bits per heavy atom. The average Bonchev–Trinajstić information content (AvgIpc) is 2.26. The van der Waals surface area contributed by atoms with Gasteiger partial charge in [-0.25, -0.2) is 0 Å². The van der Waals surface area contributed by atoms with E-state index in [0.29, 0.717) is 23.7 Å². The summed E-state index contributed by atoms with van der Waals surface area (Å²) in [7, 11) is 0. The van der Waals surface area contributed by atoms with Gasteiger partial charge in [-0.1, -0.05) is 24.9 Å². The summed E-state index contributed by atoms with van der Waals surface area (Å²) >= 11 is 5.90. The molecule has 17 heavy (non-hydrogen) atoms. The minimum Gasteiger partial charge on any atom is -0.386 e. The minimum atomic E-state index is -0.704. The molecule has 92 valence electrons. The van der Waals surface area contributed by atoms with Crippen LogP contribution in [-0.4, -0.2) is 39.6 Å². The molecule has 0 radical (unpaired) electrons. The zero-order valence-electron chi connectivity index (χ0n) is 9.69. The van der Waals surface area contributed by atoms with Gasteiger partial charge in [-0.3, -0.25) is 9.78 Å². The van der Waals surface area contributed by atoms with Crippen LogP contribution in [0.15, 0.2) is 18.5 Å². The molecule has 0 spiro atoms. The maximum atomic E-state index is 12.0. The zero-order valence-corrected chi connectivity index (χ0v) is 10.4. The van der Waals surface area contributed by atoms with Crippen LogP contribution in [0.5, 0.6) is 0 Å². The summed E-state index contributed by atoms with van der Waals surface area (Å²) in [4.78, 5) is 17.5. The molecule has 1 saturated heterocycles. The summed E-state index contributed by atoms with van der Waals surface area (Å²) in [5.41, 5.74) is -0.260. The Labute approximate surface area is 105 Å². The van der Waals surface area contributed by atoms with Crippen LogP contribution >= 0.6 is 11.6 Å². The first-order valence-corrected chi connectivity index (χ1v) is 6.05. The van der Waals surface area contributed by atoms with E-state index in [-0.39, 0.29) is 5.91 Å². The van der Waals surface area contributed by atoms with E-state index >= 15 is 0 Å². The van der Waals surface area contributed by atoms with Gasteiger partial charge >= 0.3 is 0 Å². The van der Waals surface area contributed by atoms with E-state index in [1.165, 1.54) is 12.4 Å². The second kappa shape index (κ2) is 4.63. The number of carbonyl (C=O) groups is 1. The average molecular weight is 255 g/mol. The Kier molecular flexibility index (Phi) is 3.35. The molecule has 1 aliphatic rings. The van der Waals surface area contributed by atoms with Crippen LogP contribution < -0.4 is 0 Å². The van der Waals surface area contributed by atoms with Crippen LogP contribution in [0.25, 0.3) is 0 Å². The molecule has 0 saturated carbocycles. The molecule has 2 rings (SSSR count). The fourth-order valence-corrected chi connectivity index (χ4v) is 2.35. The number of nitrogens with zero attached hydrogens (tertiary/aromatic N) is 2. The number of rotatable bonds is 3. The smallest absolute Gasteiger partial charge is 0.255 e. The lowest BCUT2D eigenvalue weighted by atomic mass is 9.89. The van der Waals surface area contributed by atoms with E-state index in [1.54, 1.807) is 11.0 Å². The molecule has 1 amide bonds. The maximum absolute atomic E-state index is 12.0. The normalized spacial score (nSPS) is 17.7. The van der Waals surface area contributed by atoms with Crippen LogP contribution in [-0.2, 0) is 0 Å². The molecule has 1 aliphatic heterocycles. The van der Waals surface area contributed by atoms with Crippen LogP contribution in [0, 0.1) is 0 Å². The first kappa shape index (κ1) is 12.3. The molecule has 5 heteroatoms. The molecule has 4 nitrogen and oxygen atoms in total. The number of carbonyl (C=O) groups excluding carboxylic acids is 1. The van der Waals surface area contributed by atoms with Crippen molar-refractivity contribution in [3.05, 3.63) is 29.0 Å². The fraction of sp³-hybridized carbons (Fsp3) is 0.500. The Balaban J connectivity index is 2.03. The highest BCUT2D eigenvalue weighted by atomic mass is 35.5. The molecule has 1 N–H and O–H groups in total. The second-order valence-electron chi connectivity index (χ2n) is 4.49. The monoisotopic (exact) mass is 254 g/mol. The third kappa shape index (κ3) is 2.42. The Bertz CT molecular complexity index is 430. The van der Waals surface area contributed by atoms with E-state index in [9.17, 15) is 9.90 Å². The van der Waals surface area contributed by atoms with Gasteiger partial charge in [0.1, 0.15) is 0 Å². The molecule has 1 aromatic heterocycles. The zero-order chi connectivity index (χ0) is 12.5. The molecule has 0 aliphatic carbocycles. The molecule has 0 atom stereocenters. The Hall–Kier alpha value is -1.13. The Morgan fingerprint density at radius 1 is 1.65 bits per heavy atom. The van der Waals surface area contributed by atoms with Gasteiger partial charge in [-0.15, -0.1) is 0 Å². The molecule has 1 fully saturated rings. The first-order valence-electron chi connectivity index (χ1n) is 5.67. The van der Waals surface area contributed by atoms with Crippen LogP contribution in [0.3, 0.4) is 0 Å². The number of amides is 1. The van der Waals surface area contributed by atoms with Gasteiger partial charge in [0.2, 0.25) is 0 Å². The van der Waals surface area contributed by atoms with Crippen molar-refractivity contribution in [1.29, 1.82) is 0 Å². The van der Waals surface area contributed by atoms with Crippen molar-refractivity contribution in [1.82, 2.24) is 9.88 Å². The lowest BCUT2D eigenvalue weighted by molar-refractivity contribution is -0.0860. The van der Waals surface area contributed by atoms with E-state index in [0.717, 1.165) is 12.8 Å². The van der Waals surface area contributed by atoms with Crippen molar-refractivity contribution in [2.45, 2.75) is 25.4 Å². The third-order valence-corrected chi connectivity index (χ3v) is 3.28. The van der Waals surface area contributed by atoms with Gasteiger partial charge in [0.25, 0.3) is 5.91 Å². The minimum absolute atomic E-state index is 0.141. The number of likely N-dealkylation sites (tertiary alicyclic amines) is 1. The van der Waals surface area contributed by atoms with Gasteiger partial charge in [-0.05, 0) is 12.5 Å². The summed E-state index contributed by atoms with van der Waals surface area (Å²) < 4.78 is 0. The van der Waals surface area contributed by atoms with Gasteiger partial charge in [0, 0.05) is 12.4 Å². The summed E-state index contributed by atoms with van der Waals surface area (Å²) in [6.07, 6.45) is 4.62. The van der Waals surface area contributed by atoms with E-state index < -0.39 is 5.60 Å². The molecular formula is C12H15ClN2O2. The number of β-amino-alcohol motifs (C(OH)–C–C–N with tert-alkyl or cyclic N) is 1. The first-order chi connectivity index (χ1) is 8.06. The van der Waals surface area contributed by atoms with E-state index in [2.05, 4.69) is 4.98 Å². The summed E-state index contributed by atoms with van der Waals surface area (Å²) in [5.74, 6) is -0.141. The number of halogens is 1. The van der Waals surface area contributed by atoms with E-state index in [1.807, 2.05) is 6.92 Å². The Morgan fingerprint density at radius 3 is 2.94 bits per heavy atom. The van der Waals surface area contributed by atoms with E-state index in [4.69, 9.17) is 11.6 Å². The predicted octanol–water partition coefficient (Wildman–Crippen LogP) is 1.72.